The summed E-state index contributed by atoms with van der Waals surface area (Å²) in [5, 5.41) is 43.1. The monoisotopic (exact) mass is 403 g/mol. The second kappa shape index (κ2) is 7.62. The lowest BCUT2D eigenvalue weighted by Crippen LogP contribution is -2.61. The summed E-state index contributed by atoms with van der Waals surface area (Å²) in [6, 6.07) is 7.28. The van der Waals surface area contributed by atoms with Crippen LogP contribution >= 0.6 is 0 Å². The van der Waals surface area contributed by atoms with E-state index in [4.69, 9.17) is 18.7 Å². The van der Waals surface area contributed by atoms with Crippen molar-refractivity contribution in [1.29, 1.82) is 0 Å². The molecule has 0 radical (unpaired) electrons. The van der Waals surface area contributed by atoms with Crippen LogP contribution in [-0.4, -0.2) is 57.7 Å². The fourth-order valence-corrected chi connectivity index (χ4v) is 3.60. The van der Waals surface area contributed by atoms with Gasteiger partial charge in [-0.25, -0.2) is 4.79 Å². The minimum absolute atomic E-state index is 0.308. The van der Waals surface area contributed by atoms with Crippen LogP contribution in [0.5, 0.6) is 0 Å². The van der Waals surface area contributed by atoms with Crippen LogP contribution in [0.4, 0.5) is 5.69 Å². The van der Waals surface area contributed by atoms with Gasteiger partial charge in [0.1, 0.15) is 41.3 Å². The van der Waals surface area contributed by atoms with Crippen molar-refractivity contribution in [2.75, 3.05) is 11.9 Å². The number of fused-ring (bicyclic) bond motifs is 1. The lowest BCUT2D eigenvalue weighted by atomic mass is 9.96. The maximum atomic E-state index is 12.5. The van der Waals surface area contributed by atoms with E-state index < -0.39 is 42.9 Å². The summed E-state index contributed by atoms with van der Waals surface area (Å²) in [6.45, 7) is 1.25. The Hall–Kier alpha value is -2.69. The minimum atomic E-state index is -1.46. The highest BCUT2D eigenvalue weighted by Gasteiger charge is 2.43. The van der Waals surface area contributed by atoms with E-state index in [9.17, 15) is 20.1 Å². The molecule has 5 atom stereocenters. The molecule has 4 unspecified atom stereocenters. The predicted octanol–water partition coefficient (Wildman–Crippen LogP) is 0.573. The zero-order valence-electron chi connectivity index (χ0n) is 15.5. The maximum Gasteiger partial charge on any atom is 0.347 e. The van der Waals surface area contributed by atoms with Crippen molar-refractivity contribution in [3.63, 3.8) is 0 Å². The molecule has 0 bridgehead atoms. The molecule has 9 heteroatoms. The Labute approximate surface area is 164 Å². The van der Waals surface area contributed by atoms with Crippen LogP contribution in [0.1, 0.15) is 5.56 Å². The van der Waals surface area contributed by atoms with Crippen LogP contribution in [0.2, 0.25) is 0 Å². The topological polar surface area (TPSA) is 146 Å². The largest absolute Gasteiger partial charge is 0.464 e. The summed E-state index contributed by atoms with van der Waals surface area (Å²) in [6.07, 6.45) is -3.84. The van der Waals surface area contributed by atoms with Crippen LogP contribution in [0.25, 0.3) is 22.3 Å². The second-order valence-electron chi connectivity index (χ2n) is 6.98. The molecular formula is C20H21NO8. The quantitative estimate of drug-likeness (QED) is 0.395. The van der Waals surface area contributed by atoms with E-state index in [-0.39, 0.29) is 0 Å². The zero-order valence-corrected chi connectivity index (χ0v) is 15.5. The van der Waals surface area contributed by atoms with Crippen LogP contribution in [0.15, 0.2) is 50.2 Å². The van der Waals surface area contributed by atoms with E-state index in [2.05, 4.69) is 5.32 Å². The van der Waals surface area contributed by atoms with Gasteiger partial charge in [-0.1, -0.05) is 0 Å². The van der Waals surface area contributed by atoms with Gasteiger partial charge >= 0.3 is 5.63 Å². The first-order valence-corrected chi connectivity index (χ1v) is 9.09. The highest BCUT2D eigenvalue weighted by atomic mass is 16.6. The lowest BCUT2D eigenvalue weighted by molar-refractivity contribution is -0.245. The molecule has 4 rings (SSSR count). The van der Waals surface area contributed by atoms with Gasteiger partial charge in [0.25, 0.3) is 0 Å². The Morgan fingerprint density at radius 3 is 2.62 bits per heavy atom. The molecule has 3 heterocycles. The maximum absolute atomic E-state index is 12.5. The number of rotatable bonds is 4. The van der Waals surface area contributed by atoms with Crippen molar-refractivity contribution in [3.8, 4) is 11.3 Å². The van der Waals surface area contributed by atoms with Gasteiger partial charge in [0, 0.05) is 17.1 Å². The number of aliphatic hydroxyl groups is 4. The predicted molar refractivity (Wildman–Crippen MR) is 102 cm³/mol. The van der Waals surface area contributed by atoms with Gasteiger partial charge in [0.05, 0.1) is 12.9 Å². The smallest absolute Gasteiger partial charge is 0.347 e. The second-order valence-corrected chi connectivity index (χ2v) is 6.98. The summed E-state index contributed by atoms with van der Waals surface area (Å²) in [4.78, 5) is 12.5. The Bertz CT molecular complexity index is 1060. The van der Waals surface area contributed by atoms with E-state index in [0.29, 0.717) is 33.5 Å². The first kappa shape index (κ1) is 19.6. The van der Waals surface area contributed by atoms with Crippen molar-refractivity contribution >= 4 is 16.7 Å². The van der Waals surface area contributed by atoms with Gasteiger partial charge in [-0.3, -0.25) is 0 Å². The van der Waals surface area contributed by atoms with E-state index in [1.54, 1.807) is 37.3 Å². The summed E-state index contributed by atoms with van der Waals surface area (Å²) in [5.41, 5.74) is 1.23. The van der Waals surface area contributed by atoms with Crippen molar-refractivity contribution in [2.24, 2.45) is 0 Å². The van der Waals surface area contributed by atoms with Crippen molar-refractivity contribution in [2.45, 2.75) is 37.6 Å². The van der Waals surface area contributed by atoms with E-state index >= 15 is 0 Å². The molecule has 0 amide bonds. The minimum Gasteiger partial charge on any atom is -0.464 e. The molecule has 1 saturated heterocycles. The van der Waals surface area contributed by atoms with Crippen molar-refractivity contribution in [1.82, 2.24) is 0 Å². The number of nitrogens with one attached hydrogen (secondary N) is 1. The number of anilines is 1. The number of aryl methyl sites for hydroxylation is 1. The lowest BCUT2D eigenvalue weighted by Gasteiger charge is -2.40. The molecule has 2 aromatic heterocycles. The molecule has 9 nitrogen and oxygen atoms in total. The van der Waals surface area contributed by atoms with Gasteiger partial charge in [-0.05, 0) is 36.8 Å². The van der Waals surface area contributed by atoms with Crippen molar-refractivity contribution < 1.29 is 34.0 Å². The van der Waals surface area contributed by atoms with Crippen LogP contribution in [0, 0.1) is 6.92 Å². The Morgan fingerprint density at radius 2 is 1.93 bits per heavy atom. The zero-order chi connectivity index (χ0) is 20.7. The fraction of sp³-hybridized carbons (Fsp3) is 0.350. The third-order valence-electron chi connectivity index (χ3n) is 5.17. The number of hydrogen-bond donors (Lipinski definition) is 5. The molecule has 0 spiro atoms. The number of aliphatic hydroxyl groups excluding tert-OH is 4. The molecule has 1 aliphatic heterocycles. The summed E-state index contributed by atoms with van der Waals surface area (Å²) in [7, 11) is 0. The molecule has 154 valence electrons. The van der Waals surface area contributed by atoms with E-state index in [1.165, 1.54) is 6.26 Å². The molecule has 1 aromatic carbocycles. The molecule has 0 saturated carbocycles. The first-order valence-electron chi connectivity index (χ1n) is 9.09. The van der Waals surface area contributed by atoms with Gasteiger partial charge in [-0.2, -0.15) is 0 Å². The Kier molecular flexibility index (Phi) is 5.15. The molecule has 5 N–H and O–H groups in total. The number of furan rings is 1. The molecule has 0 aliphatic carbocycles. The van der Waals surface area contributed by atoms with Crippen LogP contribution < -0.4 is 10.9 Å². The Morgan fingerprint density at radius 1 is 1.14 bits per heavy atom. The third-order valence-corrected chi connectivity index (χ3v) is 5.17. The van der Waals surface area contributed by atoms with Crippen LogP contribution in [-0.2, 0) is 4.74 Å². The average molecular weight is 403 g/mol. The molecule has 29 heavy (non-hydrogen) atoms. The van der Waals surface area contributed by atoms with Gasteiger partial charge < -0.3 is 39.3 Å². The number of benzene rings is 1. The van der Waals surface area contributed by atoms with Gasteiger partial charge in [-0.15, -0.1) is 0 Å². The SMILES string of the molecule is Cc1c(-c2ccco2)c(=O)oc2cc(NC3C(O)OC(CO)[C@H](O)C3O)ccc12. The highest BCUT2D eigenvalue weighted by Crippen LogP contribution is 2.30. The van der Waals surface area contributed by atoms with E-state index in [0.717, 1.165) is 0 Å². The van der Waals surface area contributed by atoms with E-state index in [1.807, 2.05) is 0 Å². The summed E-state index contributed by atoms with van der Waals surface area (Å²) < 4.78 is 15.9. The summed E-state index contributed by atoms with van der Waals surface area (Å²) >= 11 is 0. The van der Waals surface area contributed by atoms with Gasteiger partial charge in [0.15, 0.2) is 6.29 Å². The standard InChI is InChI=1S/C20H21NO8/c1-9-11-5-4-10(21-16-18(24)17(23)14(8-22)29-20(16)26)7-13(11)28-19(25)15(9)12-3-2-6-27-12/h2-7,14,16-18,20-24,26H,8H2,1H3/t14?,16?,17-,18?,20?/m0/s1. The first-order chi connectivity index (χ1) is 13.9. The van der Waals surface area contributed by atoms with Crippen LogP contribution in [0.3, 0.4) is 0 Å². The molecule has 1 aliphatic rings. The molecular weight excluding hydrogens is 382 g/mol. The third kappa shape index (κ3) is 3.43. The number of ether oxygens (including phenoxy) is 1. The fourth-order valence-electron chi connectivity index (χ4n) is 3.60. The Balaban J connectivity index is 1.66. The number of hydrogen-bond acceptors (Lipinski definition) is 9. The van der Waals surface area contributed by atoms with Gasteiger partial charge in [0.2, 0.25) is 0 Å². The normalized spacial score (nSPS) is 27.3. The molecule has 1 fully saturated rings. The molecule has 3 aromatic rings. The van der Waals surface area contributed by atoms with Crippen molar-refractivity contribution in [3.05, 3.63) is 52.6 Å². The average Bonchev–Trinajstić information content (AvgIpc) is 3.22. The highest BCUT2D eigenvalue weighted by molar-refractivity contribution is 5.87. The summed E-state index contributed by atoms with van der Waals surface area (Å²) in [5.74, 6) is 0.415.